The number of halogens is 1. The van der Waals surface area contributed by atoms with Gasteiger partial charge in [-0.15, -0.1) is 0 Å². The number of aromatic nitrogens is 2. The minimum absolute atomic E-state index is 0.0202. The predicted octanol–water partition coefficient (Wildman–Crippen LogP) is 6.37. The van der Waals surface area contributed by atoms with Gasteiger partial charge in [0.15, 0.2) is 0 Å². The molecule has 0 saturated carbocycles. The molecule has 0 aliphatic heterocycles. The number of fused-ring (bicyclic) bond motifs is 1. The fourth-order valence-corrected chi connectivity index (χ4v) is 4.98. The first-order valence-electron chi connectivity index (χ1n) is 13.3. The molecule has 1 heterocycles. The Hall–Kier alpha value is -4.78. The summed E-state index contributed by atoms with van der Waals surface area (Å²) in [6.07, 6.45) is 1.01. The van der Waals surface area contributed by atoms with Gasteiger partial charge in [-0.1, -0.05) is 61.5 Å². The van der Waals surface area contributed by atoms with E-state index in [0.717, 1.165) is 5.56 Å². The van der Waals surface area contributed by atoms with Crippen molar-refractivity contribution in [2.45, 2.75) is 25.8 Å². The molecule has 0 saturated heterocycles. The Bertz CT molecular complexity index is 1680. The first kappa shape index (κ1) is 26.8. The number of nitrogens with zero attached hydrogens (tertiary/aromatic N) is 3. The molecule has 5 rings (SSSR count). The summed E-state index contributed by atoms with van der Waals surface area (Å²) >= 11 is 0. The third-order valence-electron chi connectivity index (χ3n) is 7.04. The number of hydrogen-bond acceptors (Lipinski definition) is 4. The standard InChI is InChI=1S/C33H30FN3O3/c1-3-30(36(22-21-23-11-5-4-6-12-23)32(38)26-13-7-9-15-28(26)34)31-35-29-16-10-8-14-27(29)33(39)37(31)24-17-19-25(40-2)20-18-24/h4-20,30H,3,21-22H2,1-2H3. The van der Waals surface area contributed by atoms with E-state index < -0.39 is 17.8 Å². The molecule has 7 heteroatoms. The molecule has 0 aliphatic carbocycles. The second kappa shape index (κ2) is 11.9. The van der Waals surface area contributed by atoms with Crippen LogP contribution >= 0.6 is 0 Å². The fourth-order valence-electron chi connectivity index (χ4n) is 4.98. The molecule has 0 radical (unpaired) electrons. The van der Waals surface area contributed by atoms with Crippen LogP contribution in [0.25, 0.3) is 16.6 Å². The van der Waals surface area contributed by atoms with Crippen molar-refractivity contribution in [3.63, 3.8) is 0 Å². The van der Waals surface area contributed by atoms with Gasteiger partial charge in [-0.3, -0.25) is 14.2 Å². The summed E-state index contributed by atoms with van der Waals surface area (Å²) < 4.78 is 21.8. The van der Waals surface area contributed by atoms with Crippen LogP contribution in [0, 0.1) is 5.82 Å². The molecule has 1 atom stereocenters. The Balaban J connectivity index is 1.69. The first-order valence-corrected chi connectivity index (χ1v) is 13.3. The number of carbonyl (C=O) groups excluding carboxylic acids is 1. The van der Waals surface area contributed by atoms with Gasteiger partial charge >= 0.3 is 0 Å². The summed E-state index contributed by atoms with van der Waals surface area (Å²) in [6, 6.07) is 29.5. The van der Waals surface area contributed by atoms with Crippen molar-refractivity contribution in [2.24, 2.45) is 0 Å². The normalized spacial score (nSPS) is 11.8. The van der Waals surface area contributed by atoms with Crippen LogP contribution in [0.1, 0.15) is 41.1 Å². The van der Waals surface area contributed by atoms with Crippen molar-refractivity contribution in [2.75, 3.05) is 13.7 Å². The second-order valence-electron chi connectivity index (χ2n) is 9.46. The molecule has 0 aliphatic rings. The summed E-state index contributed by atoms with van der Waals surface area (Å²) in [5.41, 5.74) is 1.91. The maximum atomic E-state index is 14.9. The summed E-state index contributed by atoms with van der Waals surface area (Å²) in [7, 11) is 1.58. The van der Waals surface area contributed by atoms with Gasteiger partial charge in [-0.05, 0) is 66.9 Å². The number of amides is 1. The lowest BCUT2D eigenvalue weighted by atomic mass is 10.1. The van der Waals surface area contributed by atoms with Gasteiger partial charge in [-0.2, -0.15) is 0 Å². The second-order valence-corrected chi connectivity index (χ2v) is 9.46. The first-order chi connectivity index (χ1) is 19.5. The van der Waals surface area contributed by atoms with E-state index >= 15 is 0 Å². The van der Waals surface area contributed by atoms with Crippen LogP contribution in [0.3, 0.4) is 0 Å². The molecule has 0 fully saturated rings. The van der Waals surface area contributed by atoms with Crippen LogP contribution in [-0.4, -0.2) is 34.0 Å². The van der Waals surface area contributed by atoms with E-state index in [1.54, 1.807) is 71.2 Å². The van der Waals surface area contributed by atoms with E-state index in [4.69, 9.17) is 9.72 Å². The summed E-state index contributed by atoms with van der Waals surface area (Å²) in [5.74, 6) is 0.0168. The van der Waals surface area contributed by atoms with Gasteiger partial charge in [0.1, 0.15) is 17.4 Å². The molecule has 1 amide bonds. The van der Waals surface area contributed by atoms with Crippen LogP contribution in [0.15, 0.2) is 108 Å². The third kappa shape index (κ3) is 5.36. The van der Waals surface area contributed by atoms with E-state index in [1.165, 1.54) is 12.1 Å². The van der Waals surface area contributed by atoms with Crippen molar-refractivity contribution in [1.82, 2.24) is 14.5 Å². The third-order valence-corrected chi connectivity index (χ3v) is 7.04. The lowest BCUT2D eigenvalue weighted by Gasteiger charge is -2.32. The number of benzene rings is 4. The topological polar surface area (TPSA) is 64.4 Å². The van der Waals surface area contributed by atoms with Crippen molar-refractivity contribution in [1.29, 1.82) is 0 Å². The number of carbonyl (C=O) groups is 1. The average Bonchev–Trinajstić information content (AvgIpc) is 3.00. The van der Waals surface area contributed by atoms with Crippen LogP contribution < -0.4 is 10.3 Å². The van der Waals surface area contributed by atoms with E-state index in [1.807, 2.05) is 43.3 Å². The molecule has 0 N–H and O–H groups in total. The van der Waals surface area contributed by atoms with Gasteiger partial charge in [0.25, 0.3) is 11.5 Å². The van der Waals surface area contributed by atoms with Crippen LogP contribution in [0.4, 0.5) is 4.39 Å². The van der Waals surface area contributed by atoms with Gasteiger partial charge < -0.3 is 9.64 Å². The highest BCUT2D eigenvalue weighted by Crippen LogP contribution is 2.29. The Morgan fingerprint density at radius 1 is 0.925 bits per heavy atom. The smallest absolute Gasteiger partial charge is 0.266 e. The molecule has 202 valence electrons. The highest BCUT2D eigenvalue weighted by Gasteiger charge is 2.30. The highest BCUT2D eigenvalue weighted by atomic mass is 19.1. The SMILES string of the molecule is CCC(c1nc2ccccc2c(=O)n1-c1ccc(OC)cc1)N(CCc1ccccc1)C(=O)c1ccccc1F. The van der Waals surface area contributed by atoms with Crippen LogP contribution in [0.2, 0.25) is 0 Å². The number of ether oxygens (including phenoxy) is 1. The maximum Gasteiger partial charge on any atom is 0.266 e. The minimum Gasteiger partial charge on any atom is -0.497 e. The zero-order valence-electron chi connectivity index (χ0n) is 22.5. The summed E-state index contributed by atoms with van der Waals surface area (Å²) in [5, 5.41) is 0.466. The molecular weight excluding hydrogens is 505 g/mol. The highest BCUT2D eigenvalue weighted by molar-refractivity contribution is 5.94. The molecule has 1 unspecified atom stereocenters. The quantitative estimate of drug-likeness (QED) is 0.220. The van der Waals surface area contributed by atoms with Crippen molar-refractivity contribution < 1.29 is 13.9 Å². The van der Waals surface area contributed by atoms with E-state index in [9.17, 15) is 14.0 Å². The maximum absolute atomic E-state index is 14.9. The van der Waals surface area contributed by atoms with Gasteiger partial charge in [0, 0.05) is 6.54 Å². The van der Waals surface area contributed by atoms with E-state index in [2.05, 4.69) is 0 Å². The van der Waals surface area contributed by atoms with Crippen LogP contribution in [0.5, 0.6) is 5.75 Å². The van der Waals surface area contributed by atoms with Crippen LogP contribution in [-0.2, 0) is 6.42 Å². The summed E-state index contributed by atoms with van der Waals surface area (Å²) in [4.78, 5) is 34.5. The lowest BCUT2D eigenvalue weighted by molar-refractivity contribution is 0.0657. The number of hydrogen-bond donors (Lipinski definition) is 0. The molecule has 4 aromatic carbocycles. The number of para-hydroxylation sites is 1. The Labute approximate surface area is 232 Å². The fraction of sp³-hybridized carbons (Fsp3) is 0.182. The molecular formula is C33H30FN3O3. The minimum atomic E-state index is -0.616. The zero-order chi connectivity index (χ0) is 28.1. The Morgan fingerprint density at radius 3 is 2.30 bits per heavy atom. The van der Waals surface area contributed by atoms with Crippen molar-refractivity contribution in [3.8, 4) is 11.4 Å². The zero-order valence-corrected chi connectivity index (χ0v) is 22.5. The molecule has 0 bridgehead atoms. The molecule has 40 heavy (non-hydrogen) atoms. The Morgan fingerprint density at radius 2 is 1.60 bits per heavy atom. The van der Waals surface area contributed by atoms with Gasteiger partial charge in [-0.25, -0.2) is 9.37 Å². The van der Waals surface area contributed by atoms with Gasteiger partial charge in [0.05, 0.1) is 35.3 Å². The number of methoxy groups -OCH3 is 1. The molecule has 0 spiro atoms. The Kier molecular flexibility index (Phi) is 8.01. The average molecular weight is 536 g/mol. The molecule has 1 aromatic heterocycles. The number of rotatable bonds is 9. The van der Waals surface area contributed by atoms with Gasteiger partial charge in [0.2, 0.25) is 0 Å². The largest absolute Gasteiger partial charge is 0.497 e. The predicted molar refractivity (Wildman–Crippen MR) is 155 cm³/mol. The lowest BCUT2D eigenvalue weighted by Crippen LogP contribution is -2.40. The summed E-state index contributed by atoms with van der Waals surface area (Å²) in [6.45, 7) is 2.25. The monoisotopic (exact) mass is 535 g/mol. The van der Waals surface area contributed by atoms with Crippen molar-refractivity contribution in [3.05, 3.63) is 136 Å². The van der Waals surface area contributed by atoms with Crippen molar-refractivity contribution >= 4 is 16.8 Å². The van der Waals surface area contributed by atoms with E-state index in [-0.39, 0.29) is 11.1 Å². The molecule has 5 aromatic rings. The van der Waals surface area contributed by atoms with E-state index in [0.29, 0.717) is 47.6 Å². The molecule has 6 nitrogen and oxygen atoms in total.